The molecule has 4 atom stereocenters. The standard InChI is InChI=1S/C13H15N5O/c14-10-7-3-6-19-12(7)11(10)17-9-2-1-8-13(18-9)16-5-4-15-8/h1-2,4-5,7,10-12H,3,6,14H2,(H,16,17,18). The van der Waals surface area contributed by atoms with Gasteiger partial charge in [0.15, 0.2) is 5.65 Å². The van der Waals surface area contributed by atoms with Gasteiger partial charge in [-0.1, -0.05) is 0 Å². The fourth-order valence-corrected chi connectivity index (χ4v) is 3.03. The smallest absolute Gasteiger partial charge is 0.180 e. The molecule has 2 aromatic rings. The highest BCUT2D eigenvalue weighted by Gasteiger charge is 2.52. The van der Waals surface area contributed by atoms with Gasteiger partial charge < -0.3 is 15.8 Å². The SMILES string of the molecule is NC1C2CCOC2C1Nc1ccc2nccnc2n1. The number of hydrogen-bond donors (Lipinski definition) is 2. The highest BCUT2D eigenvalue weighted by Crippen LogP contribution is 2.39. The van der Waals surface area contributed by atoms with Gasteiger partial charge in [-0.2, -0.15) is 0 Å². The van der Waals surface area contributed by atoms with Gasteiger partial charge in [0.05, 0.1) is 12.1 Å². The number of fused-ring (bicyclic) bond motifs is 2. The Morgan fingerprint density at radius 1 is 1.26 bits per heavy atom. The molecule has 3 heterocycles. The monoisotopic (exact) mass is 257 g/mol. The van der Waals surface area contributed by atoms with E-state index in [1.807, 2.05) is 12.1 Å². The molecule has 1 aliphatic carbocycles. The molecule has 2 aliphatic rings. The maximum absolute atomic E-state index is 6.17. The van der Waals surface area contributed by atoms with Crippen LogP contribution in [0.3, 0.4) is 0 Å². The van der Waals surface area contributed by atoms with Crippen molar-refractivity contribution in [3.63, 3.8) is 0 Å². The molecule has 4 rings (SSSR count). The van der Waals surface area contributed by atoms with Crippen LogP contribution >= 0.6 is 0 Å². The summed E-state index contributed by atoms with van der Waals surface area (Å²) < 4.78 is 5.70. The van der Waals surface area contributed by atoms with Crippen LogP contribution in [0.1, 0.15) is 6.42 Å². The lowest BCUT2D eigenvalue weighted by Crippen LogP contribution is -2.65. The Hall–Kier alpha value is -1.79. The largest absolute Gasteiger partial charge is 0.376 e. The van der Waals surface area contributed by atoms with Gasteiger partial charge in [0, 0.05) is 31.0 Å². The molecule has 2 aromatic heterocycles. The van der Waals surface area contributed by atoms with Gasteiger partial charge in [-0.3, -0.25) is 4.98 Å². The van der Waals surface area contributed by atoms with Crippen LogP contribution in [-0.2, 0) is 4.74 Å². The number of anilines is 1. The Morgan fingerprint density at radius 3 is 3.11 bits per heavy atom. The third-order valence-electron chi connectivity index (χ3n) is 4.09. The van der Waals surface area contributed by atoms with Gasteiger partial charge in [-0.05, 0) is 18.6 Å². The number of rotatable bonds is 2. The molecule has 0 spiro atoms. The van der Waals surface area contributed by atoms with E-state index in [1.54, 1.807) is 12.4 Å². The average molecular weight is 257 g/mol. The molecule has 3 N–H and O–H groups in total. The van der Waals surface area contributed by atoms with Gasteiger partial charge in [-0.15, -0.1) is 0 Å². The lowest BCUT2D eigenvalue weighted by atomic mass is 9.72. The normalized spacial score (nSPS) is 32.9. The van der Waals surface area contributed by atoms with Gasteiger partial charge in [0.2, 0.25) is 0 Å². The lowest BCUT2D eigenvalue weighted by Gasteiger charge is -2.45. The number of aromatic nitrogens is 3. The van der Waals surface area contributed by atoms with Crippen LogP contribution < -0.4 is 11.1 Å². The molecule has 0 bridgehead atoms. The summed E-state index contributed by atoms with van der Waals surface area (Å²) in [4.78, 5) is 12.9. The summed E-state index contributed by atoms with van der Waals surface area (Å²) >= 11 is 0. The molecule has 19 heavy (non-hydrogen) atoms. The number of nitrogens with two attached hydrogens (primary N) is 1. The predicted molar refractivity (Wildman–Crippen MR) is 70.6 cm³/mol. The average Bonchev–Trinajstić information content (AvgIpc) is 2.89. The van der Waals surface area contributed by atoms with Crippen LogP contribution in [-0.4, -0.2) is 39.7 Å². The number of nitrogens with zero attached hydrogens (tertiary/aromatic N) is 3. The first-order valence-electron chi connectivity index (χ1n) is 6.54. The van der Waals surface area contributed by atoms with Gasteiger partial charge in [0.25, 0.3) is 0 Å². The summed E-state index contributed by atoms with van der Waals surface area (Å²) in [6.07, 6.45) is 4.61. The second-order valence-corrected chi connectivity index (χ2v) is 5.13. The highest BCUT2D eigenvalue weighted by atomic mass is 16.5. The molecular weight excluding hydrogens is 242 g/mol. The minimum Gasteiger partial charge on any atom is -0.376 e. The zero-order valence-electron chi connectivity index (χ0n) is 10.4. The number of ether oxygens (including phenoxy) is 1. The quantitative estimate of drug-likeness (QED) is 0.817. The fourth-order valence-electron chi connectivity index (χ4n) is 3.03. The maximum Gasteiger partial charge on any atom is 0.180 e. The van der Waals surface area contributed by atoms with E-state index in [4.69, 9.17) is 10.5 Å². The molecule has 1 saturated carbocycles. The maximum atomic E-state index is 6.17. The zero-order chi connectivity index (χ0) is 12.8. The van der Waals surface area contributed by atoms with E-state index in [9.17, 15) is 0 Å². The van der Waals surface area contributed by atoms with Crippen molar-refractivity contribution in [2.45, 2.75) is 24.6 Å². The minimum atomic E-state index is 0.145. The first-order chi connectivity index (χ1) is 9.33. The molecule has 4 unspecified atom stereocenters. The number of nitrogens with one attached hydrogen (secondary N) is 1. The topological polar surface area (TPSA) is 86.0 Å². The van der Waals surface area contributed by atoms with Crippen molar-refractivity contribution in [3.8, 4) is 0 Å². The number of hydrogen-bond acceptors (Lipinski definition) is 6. The van der Waals surface area contributed by atoms with Gasteiger partial charge in [-0.25, -0.2) is 9.97 Å². The summed E-state index contributed by atoms with van der Waals surface area (Å²) in [5, 5.41) is 3.36. The predicted octanol–water partition coefficient (Wildman–Crippen LogP) is 0.551. The second kappa shape index (κ2) is 4.11. The van der Waals surface area contributed by atoms with E-state index in [-0.39, 0.29) is 18.2 Å². The second-order valence-electron chi connectivity index (χ2n) is 5.13. The van der Waals surface area contributed by atoms with Crippen molar-refractivity contribution in [3.05, 3.63) is 24.5 Å². The molecule has 0 aromatic carbocycles. The van der Waals surface area contributed by atoms with Crippen molar-refractivity contribution in [2.24, 2.45) is 11.7 Å². The van der Waals surface area contributed by atoms with Crippen LogP contribution in [0.4, 0.5) is 5.82 Å². The molecule has 98 valence electrons. The van der Waals surface area contributed by atoms with Crippen LogP contribution in [0.5, 0.6) is 0 Å². The molecule has 6 heteroatoms. The Kier molecular flexibility index (Phi) is 2.39. The summed E-state index contributed by atoms with van der Waals surface area (Å²) in [6, 6.07) is 4.11. The van der Waals surface area contributed by atoms with Crippen molar-refractivity contribution in [1.29, 1.82) is 0 Å². The van der Waals surface area contributed by atoms with Crippen molar-refractivity contribution in [1.82, 2.24) is 15.0 Å². The van der Waals surface area contributed by atoms with Gasteiger partial charge >= 0.3 is 0 Å². The van der Waals surface area contributed by atoms with E-state index >= 15 is 0 Å². The summed E-state index contributed by atoms with van der Waals surface area (Å²) in [6.45, 7) is 0.817. The van der Waals surface area contributed by atoms with E-state index in [0.717, 1.165) is 24.4 Å². The third-order valence-corrected chi connectivity index (χ3v) is 4.09. The lowest BCUT2D eigenvalue weighted by molar-refractivity contribution is 0.00525. The highest BCUT2D eigenvalue weighted by molar-refractivity contribution is 5.71. The molecule has 6 nitrogen and oxygen atoms in total. The van der Waals surface area contributed by atoms with Crippen molar-refractivity contribution >= 4 is 17.0 Å². The molecule has 1 aliphatic heterocycles. The molecule has 1 saturated heterocycles. The zero-order valence-corrected chi connectivity index (χ0v) is 10.4. The van der Waals surface area contributed by atoms with Crippen LogP contribution in [0.25, 0.3) is 11.2 Å². The van der Waals surface area contributed by atoms with E-state index in [1.165, 1.54) is 0 Å². The van der Waals surface area contributed by atoms with Crippen LogP contribution in [0.15, 0.2) is 24.5 Å². The Balaban J connectivity index is 1.58. The van der Waals surface area contributed by atoms with Crippen LogP contribution in [0.2, 0.25) is 0 Å². The van der Waals surface area contributed by atoms with E-state index in [2.05, 4.69) is 20.3 Å². The van der Waals surface area contributed by atoms with Crippen LogP contribution in [0, 0.1) is 5.92 Å². The van der Waals surface area contributed by atoms with E-state index < -0.39 is 0 Å². The van der Waals surface area contributed by atoms with Crippen molar-refractivity contribution < 1.29 is 4.74 Å². The minimum absolute atomic E-state index is 0.145. The molecule has 2 fully saturated rings. The summed E-state index contributed by atoms with van der Waals surface area (Å²) in [5.41, 5.74) is 7.61. The Bertz CT molecular complexity index is 619. The summed E-state index contributed by atoms with van der Waals surface area (Å²) in [5.74, 6) is 1.28. The molecular formula is C13H15N5O. The van der Waals surface area contributed by atoms with Gasteiger partial charge in [0.1, 0.15) is 11.3 Å². The first kappa shape index (κ1) is 11.1. The van der Waals surface area contributed by atoms with Crippen molar-refractivity contribution in [2.75, 3.05) is 11.9 Å². The summed E-state index contributed by atoms with van der Waals surface area (Å²) in [7, 11) is 0. The molecule has 0 amide bonds. The Morgan fingerprint density at radius 2 is 2.16 bits per heavy atom. The Labute approximate surface area is 110 Å². The number of pyridine rings is 1. The van der Waals surface area contributed by atoms with E-state index in [0.29, 0.717) is 11.6 Å². The first-order valence-corrected chi connectivity index (χ1v) is 6.54. The third kappa shape index (κ3) is 1.67. The molecule has 0 radical (unpaired) electrons. The fraction of sp³-hybridized carbons (Fsp3) is 0.462.